The second kappa shape index (κ2) is 5.38. The number of aryl methyl sites for hydroxylation is 1. The number of hydrogen-bond donors (Lipinski definition) is 0. The van der Waals surface area contributed by atoms with Crippen LogP contribution >= 0.6 is 0 Å². The number of carbonyl (C=O) groups excluding carboxylic acids is 1. The standard InChI is InChI=1S/C13H15N5O2/c1-10-14-15-16-18(10)12-4-2-3-11(9-12)13(19)17-5-7-20-8-6-17/h2-4,9H,5-8H2,1H3. The molecule has 1 aliphatic heterocycles. The molecule has 1 aliphatic rings. The number of nitrogens with zero attached hydrogens (tertiary/aromatic N) is 5. The molecule has 0 N–H and O–H groups in total. The molecule has 0 unspecified atom stereocenters. The van der Waals surface area contributed by atoms with Crippen molar-refractivity contribution in [2.24, 2.45) is 0 Å². The predicted molar refractivity (Wildman–Crippen MR) is 70.6 cm³/mol. The van der Waals surface area contributed by atoms with E-state index in [4.69, 9.17) is 4.74 Å². The van der Waals surface area contributed by atoms with Gasteiger partial charge in [-0.2, -0.15) is 4.68 Å². The van der Waals surface area contributed by atoms with Gasteiger partial charge in [0.2, 0.25) is 0 Å². The number of tetrazole rings is 1. The topological polar surface area (TPSA) is 73.1 Å². The Balaban J connectivity index is 1.87. The van der Waals surface area contributed by atoms with Gasteiger partial charge >= 0.3 is 0 Å². The summed E-state index contributed by atoms with van der Waals surface area (Å²) in [6, 6.07) is 7.33. The summed E-state index contributed by atoms with van der Waals surface area (Å²) in [6.07, 6.45) is 0. The van der Waals surface area contributed by atoms with Crippen LogP contribution in [0.4, 0.5) is 0 Å². The molecule has 0 bridgehead atoms. The molecule has 20 heavy (non-hydrogen) atoms. The molecular weight excluding hydrogens is 258 g/mol. The SMILES string of the molecule is Cc1nnnn1-c1cccc(C(=O)N2CCOCC2)c1. The second-order valence-electron chi connectivity index (χ2n) is 4.59. The average molecular weight is 273 g/mol. The fourth-order valence-electron chi connectivity index (χ4n) is 2.19. The van der Waals surface area contributed by atoms with Gasteiger partial charge in [0.25, 0.3) is 5.91 Å². The van der Waals surface area contributed by atoms with Crippen LogP contribution in [-0.4, -0.2) is 57.3 Å². The lowest BCUT2D eigenvalue weighted by Crippen LogP contribution is -2.40. The molecule has 1 aromatic carbocycles. The van der Waals surface area contributed by atoms with Crippen LogP contribution in [0.3, 0.4) is 0 Å². The Morgan fingerprint density at radius 2 is 2.10 bits per heavy atom. The molecule has 0 radical (unpaired) electrons. The summed E-state index contributed by atoms with van der Waals surface area (Å²) < 4.78 is 6.87. The molecular formula is C13H15N5O2. The molecule has 1 fully saturated rings. The number of amides is 1. The molecule has 104 valence electrons. The molecule has 1 amide bonds. The lowest BCUT2D eigenvalue weighted by Gasteiger charge is -2.27. The molecule has 7 heteroatoms. The van der Waals surface area contributed by atoms with Crippen LogP contribution in [0.5, 0.6) is 0 Å². The van der Waals surface area contributed by atoms with Crippen molar-refractivity contribution < 1.29 is 9.53 Å². The summed E-state index contributed by atoms with van der Waals surface area (Å²) in [4.78, 5) is 14.2. The van der Waals surface area contributed by atoms with Gasteiger partial charge in [-0.15, -0.1) is 5.10 Å². The number of aromatic nitrogens is 4. The minimum absolute atomic E-state index is 0.0147. The molecule has 0 aliphatic carbocycles. The number of carbonyl (C=O) groups is 1. The maximum atomic E-state index is 12.4. The van der Waals surface area contributed by atoms with E-state index in [1.54, 1.807) is 21.7 Å². The highest BCUT2D eigenvalue weighted by atomic mass is 16.5. The summed E-state index contributed by atoms with van der Waals surface area (Å²) in [7, 11) is 0. The number of rotatable bonds is 2. The zero-order valence-corrected chi connectivity index (χ0v) is 11.2. The van der Waals surface area contributed by atoms with E-state index in [0.717, 1.165) is 5.69 Å². The Morgan fingerprint density at radius 3 is 2.80 bits per heavy atom. The lowest BCUT2D eigenvalue weighted by atomic mass is 10.1. The van der Waals surface area contributed by atoms with Crippen molar-refractivity contribution in [2.45, 2.75) is 6.92 Å². The average Bonchev–Trinajstić information content (AvgIpc) is 2.94. The van der Waals surface area contributed by atoms with Crippen molar-refractivity contribution in [3.8, 4) is 5.69 Å². The minimum atomic E-state index is 0.0147. The highest BCUT2D eigenvalue weighted by Gasteiger charge is 2.19. The molecule has 3 rings (SSSR count). The second-order valence-corrected chi connectivity index (χ2v) is 4.59. The van der Waals surface area contributed by atoms with E-state index >= 15 is 0 Å². The van der Waals surface area contributed by atoms with Crippen molar-refractivity contribution in [2.75, 3.05) is 26.3 Å². The Kier molecular flexibility index (Phi) is 3.42. The Bertz CT molecular complexity index is 619. The number of hydrogen-bond acceptors (Lipinski definition) is 5. The summed E-state index contributed by atoms with van der Waals surface area (Å²) in [5, 5.41) is 11.4. The van der Waals surface area contributed by atoms with Gasteiger partial charge in [-0.25, -0.2) is 0 Å². The van der Waals surface area contributed by atoms with Gasteiger partial charge in [-0.1, -0.05) is 6.07 Å². The number of benzene rings is 1. The van der Waals surface area contributed by atoms with Crippen LogP contribution < -0.4 is 0 Å². The first kappa shape index (κ1) is 12.7. The maximum absolute atomic E-state index is 12.4. The number of ether oxygens (including phenoxy) is 1. The van der Waals surface area contributed by atoms with Gasteiger partial charge in [0, 0.05) is 18.7 Å². The molecule has 7 nitrogen and oxygen atoms in total. The van der Waals surface area contributed by atoms with Crippen molar-refractivity contribution in [1.29, 1.82) is 0 Å². The van der Waals surface area contributed by atoms with Gasteiger partial charge in [-0.3, -0.25) is 4.79 Å². The first-order valence-electron chi connectivity index (χ1n) is 6.48. The van der Waals surface area contributed by atoms with Crippen LogP contribution in [0.2, 0.25) is 0 Å². The smallest absolute Gasteiger partial charge is 0.254 e. The molecule has 1 aromatic heterocycles. The van der Waals surface area contributed by atoms with E-state index < -0.39 is 0 Å². The van der Waals surface area contributed by atoms with Crippen molar-refractivity contribution >= 4 is 5.91 Å². The molecule has 0 saturated carbocycles. The summed E-state index contributed by atoms with van der Waals surface area (Å²) in [5.41, 5.74) is 1.42. The zero-order chi connectivity index (χ0) is 13.9. The lowest BCUT2D eigenvalue weighted by molar-refractivity contribution is 0.0303. The minimum Gasteiger partial charge on any atom is -0.378 e. The molecule has 0 atom stereocenters. The maximum Gasteiger partial charge on any atom is 0.254 e. The van der Waals surface area contributed by atoms with Gasteiger partial charge in [-0.05, 0) is 35.5 Å². The third kappa shape index (κ3) is 2.39. The normalized spacial score (nSPS) is 15.3. The van der Waals surface area contributed by atoms with Crippen LogP contribution in [0.15, 0.2) is 24.3 Å². The predicted octanol–water partition coefficient (Wildman–Crippen LogP) is 0.443. The summed E-state index contributed by atoms with van der Waals surface area (Å²) in [6.45, 7) is 4.27. The van der Waals surface area contributed by atoms with Crippen LogP contribution in [-0.2, 0) is 4.74 Å². The third-order valence-electron chi connectivity index (χ3n) is 3.26. The fourth-order valence-corrected chi connectivity index (χ4v) is 2.19. The molecule has 2 heterocycles. The largest absolute Gasteiger partial charge is 0.378 e. The van der Waals surface area contributed by atoms with Gasteiger partial charge < -0.3 is 9.64 Å². The van der Waals surface area contributed by atoms with Crippen molar-refractivity contribution in [1.82, 2.24) is 25.1 Å². The van der Waals surface area contributed by atoms with Crippen molar-refractivity contribution in [3.63, 3.8) is 0 Å². The van der Waals surface area contributed by atoms with E-state index in [1.165, 1.54) is 0 Å². The van der Waals surface area contributed by atoms with Crippen LogP contribution in [0.25, 0.3) is 5.69 Å². The Hall–Kier alpha value is -2.28. The summed E-state index contributed by atoms with van der Waals surface area (Å²) in [5.74, 6) is 0.696. The Morgan fingerprint density at radius 1 is 1.30 bits per heavy atom. The quantitative estimate of drug-likeness (QED) is 0.794. The Labute approximate surface area is 116 Å². The molecule has 1 saturated heterocycles. The first-order valence-corrected chi connectivity index (χ1v) is 6.48. The third-order valence-corrected chi connectivity index (χ3v) is 3.26. The monoisotopic (exact) mass is 273 g/mol. The highest BCUT2D eigenvalue weighted by Crippen LogP contribution is 2.13. The van der Waals surface area contributed by atoms with E-state index in [1.807, 2.05) is 19.1 Å². The van der Waals surface area contributed by atoms with E-state index in [0.29, 0.717) is 37.7 Å². The zero-order valence-electron chi connectivity index (χ0n) is 11.2. The number of morpholine rings is 1. The fraction of sp³-hybridized carbons (Fsp3) is 0.385. The summed E-state index contributed by atoms with van der Waals surface area (Å²) >= 11 is 0. The molecule has 0 spiro atoms. The van der Waals surface area contributed by atoms with Gasteiger partial charge in [0.15, 0.2) is 5.82 Å². The van der Waals surface area contributed by atoms with Gasteiger partial charge in [0.05, 0.1) is 18.9 Å². The van der Waals surface area contributed by atoms with E-state index in [2.05, 4.69) is 15.5 Å². The van der Waals surface area contributed by atoms with Crippen LogP contribution in [0, 0.1) is 6.92 Å². The van der Waals surface area contributed by atoms with E-state index in [-0.39, 0.29) is 5.91 Å². The van der Waals surface area contributed by atoms with Crippen molar-refractivity contribution in [3.05, 3.63) is 35.7 Å². The molecule has 2 aromatic rings. The van der Waals surface area contributed by atoms with E-state index in [9.17, 15) is 4.79 Å². The highest BCUT2D eigenvalue weighted by molar-refractivity contribution is 5.94. The van der Waals surface area contributed by atoms with Crippen LogP contribution in [0.1, 0.15) is 16.2 Å². The van der Waals surface area contributed by atoms with Gasteiger partial charge in [0.1, 0.15) is 0 Å². The first-order chi connectivity index (χ1) is 9.75.